The van der Waals surface area contributed by atoms with E-state index in [1.54, 1.807) is 0 Å². The lowest BCUT2D eigenvalue weighted by Crippen LogP contribution is -2.36. The fourth-order valence-corrected chi connectivity index (χ4v) is 4.48. The van der Waals surface area contributed by atoms with E-state index in [1.807, 2.05) is 0 Å². The maximum Gasteiger partial charge on any atom is 0.310 e. The van der Waals surface area contributed by atoms with Gasteiger partial charge in [-0.1, -0.05) is 0 Å². The van der Waals surface area contributed by atoms with E-state index in [1.165, 1.54) is 25.3 Å². The third-order valence-corrected chi connectivity index (χ3v) is 5.44. The molecule has 1 heterocycles. The largest absolute Gasteiger partial charge is 0.497 e. The molecule has 1 N–H and O–H groups in total. The van der Waals surface area contributed by atoms with Gasteiger partial charge in [-0.3, -0.25) is 19.7 Å². The van der Waals surface area contributed by atoms with Crippen molar-refractivity contribution in [2.45, 2.75) is 18.9 Å². The summed E-state index contributed by atoms with van der Waals surface area (Å²) in [4.78, 5) is 35.3. The van der Waals surface area contributed by atoms with Crippen molar-refractivity contribution in [2.24, 2.45) is 23.7 Å². The SMILES string of the molecule is COc1ccc([N+](=O)[O-])c(NC(=O)[C@@H]2[C@H]3C[C@H]4[C@H]2C(=O)O[C@H]4C3)c1. The minimum Gasteiger partial charge on any atom is -0.497 e. The van der Waals surface area contributed by atoms with Gasteiger partial charge in [-0.2, -0.15) is 0 Å². The van der Waals surface area contributed by atoms with Gasteiger partial charge in [0, 0.05) is 18.1 Å². The fraction of sp³-hybridized carbons (Fsp3) is 0.500. The van der Waals surface area contributed by atoms with E-state index in [0.717, 1.165) is 6.42 Å². The number of benzene rings is 1. The van der Waals surface area contributed by atoms with Gasteiger partial charge < -0.3 is 14.8 Å². The Bertz CT molecular complexity index is 746. The van der Waals surface area contributed by atoms with E-state index in [0.29, 0.717) is 12.2 Å². The summed E-state index contributed by atoms with van der Waals surface area (Å²) in [6.45, 7) is 0. The molecule has 126 valence electrons. The molecule has 1 aromatic rings. The van der Waals surface area contributed by atoms with Gasteiger partial charge >= 0.3 is 5.97 Å². The standard InChI is InChI=1S/C16H16N2O6/c1-23-8-2-3-11(18(21)22)10(6-8)17-15(19)13-7-4-9-12(5-7)24-16(20)14(9)13/h2-3,6-7,9,12-14H,4-5H2,1H3,(H,17,19)/t7-,9+,12-,13+,14+/m0/s1. The molecular weight excluding hydrogens is 316 g/mol. The first-order chi connectivity index (χ1) is 11.5. The second-order valence-corrected chi connectivity index (χ2v) is 6.55. The monoisotopic (exact) mass is 332 g/mol. The molecule has 1 aliphatic heterocycles. The Morgan fingerprint density at radius 2 is 2.21 bits per heavy atom. The van der Waals surface area contributed by atoms with Gasteiger partial charge in [0.25, 0.3) is 5.69 Å². The van der Waals surface area contributed by atoms with Crippen LogP contribution in [0.1, 0.15) is 12.8 Å². The maximum atomic E-state index is 12.7. The van der Waals surface area contributed by atoms with E-state index < -0.39 is 16.8 Å². The first-order valence-electron chi connectivity index (χ1n) is 7.83. The molecule has 5 atom stereocenters. The van der Waals surface area contributed by atoms with Crippen LogP contribution in [0.25, 0.3) is 0 Å². The van der Waals surface area contributed by atoms with Gasteiger partial charge in [0.15, 0.2) is 0 Å². The first-order valence-corrected chi connectivity index (χ1v) is 7.83. The predicted molar refractivity (Wildman–Crippen MR) is 81.4 cm³/mol. The predicted octanol–water partition coefficient (Wildman–Crippen LogP) is 1.74. The summed E-state index contributed by atoms with van der Waals surface area (Å²) < 4.78 is 10.4. The Morgan fingerprint density at radius 3 is 2.92 bits per heavy atom. The zero-order chi connectivity index (χ0) is 17.0. The lowest BCUT2D eigenvalue weighted by molar-refractivity contribution is -0.384. The Hall–Kier alpha value is -2.64. The number of nitrogens with zero attached hydrogens (tertiary/aromatic N) is 1. The van der Waals surface area contributed by atoms with Gasteiger partial charge in [-0.05, 0) is 24.8 Å². The number of carbonyl (C=O) groups excluding carboxylic acids is 2. The van der Waals surface area contributed by atoms with Crippen molar-refractivity contribution in [3.63, 3.8) is 0 Å². The van der Waals surface area contributed by atoms with Crippen LogP contribution in [-0.4, -0.2) is 30.0 Å². The third kappa shape index (κ3) is 2.05. The minimum atomic E-state index is -0.560. The van der Waals surface area contributed by atoms with Crippen molar-refractivity contribution in [3.05, 3.63) is 28.3 Å². The normalized spacial score (nSPS) is 32.5. The molecule has 0 radical (unpaired) electrons. The van der Waals surface area contributed by atoms with Crippen LogP contribution in [0.3, 0.4) is 0 Å². The number of hydrogen-bond donors (Lipinski definition) is 1. The Balaban J connectivity index is 1.61. The van der Waals surface area contributed by atoms with Crippen LogP contribution >= 0.6 is 0 Å². The van der Waals surface area contributed by atoms with Crippen molar-refractivity contribution in [1.82, 2.24) is 0 Å². The number of hydrogen-bond acceptors (Lipinski definition) is 6. The van der Waals surface area contributed by atoms with Gasteiger partial charge in [-0.15, -0.1) is 0 Å². The highest BCUT2D eigenvalue weighted by Gasteiger charge is 2.63. The van der Waals surface area contributed by atoms with Crippen molar-refractivity contribution < 1.29 is 24.0 Å². The molecule has 0 aromatic heterocycles. The molecular formula is C16H16N2O6. The van der Waals surface area contributed by atoms with Gasteiger partial charge in [0.05, 0.1) is 23.9 Å². The van der Waals surface area contributed by atoms with Gasteiger partial charge in [-0.25, -0.2) is 0 Å². The average molecular weight is 332 g/mol. The molecule has 2 bridgehead atoms. The van der Waals surface area contributed by atoms with Crippen LogP contribution in [0.5, 0.6) is 5.75 Å². The number of nitro benzene ring substituents is 1. The highest BCUT2D eigenvalue weighted by atomic mass is 16.6. The second-order valence-electron chi connectivity index (χ2n) is 6.55. The highest BCUT2D eigenvalue weighted by molar-refractivity contribution is 5.98. The number of carbonyl (C=O) groups is 2. The summed E-state index contributed by atoms with van der Waals surface area (Å²) in [7, 11) is 1.44. The maximum absolute atomic E-state index is 12.7. The molecule has 24 heavy (non-hydrogen) atoms. The number of nitrogens with one attached hydrogen (secondary N) is 1. The van der Waals surface area contributed by atoms with Crippen LogP contribution in [0.15, 0.2) is 18.2 Å². The molecule has 8 nitrogen and oxygen atoms in total. The van der Waals surface area contributed by atoms with E-state index in [9.17, 15) is 19.7 Å². The Kier molecular flexibility index (Phi) is 3.22. The lowest BCUT2D eigenvalue weighted by Gasteiger charge is -2.23. The van der Waals surface area contributed by atoms with E-state index in [2.05, 4.69) is 5.32 Å². The summed E-state index contributed by atoms with van der Waals surface area (Å²) in [5.74, 6) is -0.958. The second kappa shape index (κ2) is 5.19. The number of anilines is 1. The Morgan fingerprint density at radius 1 is 1.42 bits per heavy atom. The number of amides is 1. The van der Waals surface area contributed by atoms with Crippen LogP contribution < -0.4 is 10.1 Å². The molecule has 1 aromatic carbocycles. The molecule has 3 aliphatic rings. The van der Waals surface area contributed by atoms with E-state index in [4.69, 9.17) is 9.47 Å². The van der Waals surface area contributed by atoms with E-state index >= 15 is 0 Å². The quantitative estimate of drug-likeness (QED) is 0.511. The van der Waals surface area contributed by atoms with Crippen LogP contribution in [0.2, 0.25) is 0 Å². The molecule has 8 heteroatoms. The lowest BCUT2D eigenvalue weighted by atomic mass is 9.79. The molecule has 2 saturated carbocycles. The highest BCUT2D eigenvalue weighted by Crippen LogP contribution is 2.57. The zero-order valence-corrected chi connectivity index (χ0v) is 12.9. The van der Waals surface area contributed by atoms with Gasteiger partial charge in [0.1, 0.15) is 17.5 Å². The van der Waals surface area contributed by atoms with Crippen molar-refractivity contribution in [1.29, 1.82) is 0 Å². The number of esters is 1. The van der Waals surface area contributed by atoms with Crippen molar-refractivity contribution >= 4 is 23.3 Å². The number of fused-ring (bicyclic) bond motifs is 1. The summed E-state index contributed by atoms with van der Waals surface area (Å²) in [6, 6.07) is 4.17. The van der Waals surface area contributed by atoms with Crippen molar-refractivity contribution in [3.8, 4) is 5.75 Å². The summed E-state index contributed by atoms with van der Waals surface area (Å²) in [6.07, 6.45) is 1.45. The molecule has 2 aliphatic carbocycles. The topological polar surface area (TPSA) is 108 Å². The fourth-order valence-electron chi connectivity index (χ4n) is 4.48. The first kappa shape index (κ1) is 14.9. The molecule has 4 rings (SSSR count). The van der Waals surface area contributed by atoms with Crippen LogP contribution in [-0.2, 0) is 14.3 Å². The zero-order valence-electron chi connectivity index (χ0n) is 12.9. The third-order valence-electron chi connectivity index (χ3n) is 5.44. The summed E-state index contributed by atoms with van der Waals surface area (Å²) in [5, 5.41) is 13.8. The molecule has 3 fully saturated rings. The van der Waals surface area contributed by atoms with Crippen LogP contribution in [0, 0.1) is 33.8 Å². The summed E-state index contributed by atoms with van der Waals surface area (Å²) >= 11 is 0. The van der Waals surface area contributed by atoms with E-state index in [-0.39, 0.29) is 41.2 Å². The number of methoxy groups -OCH3 is 1. The smallest absolute Gasteiger partial charge is 0.310 e. The molecule has 0 unspecified atom stereocenters. The number of rotatable bonds is 4. The average Bonchev–Trinajstić information content (AvgIpc) is 3.16. The van der Waals surface area contributed by atoms with Crippen LogP contribution in [0.4, 0.5) is 11.4 Å². The number of nitro groups is 1. The van der Waals surface area contributed by atoms with Crippen molar-refractivity contribution in [2.75, 3.05) is 12.4 Å². The number of ether oxygens (including phenoxy) is 2. The van der Waals surface area contributed by atoms with Gasteiger partial charge in [0.2, 0.25) is 5.91 Å². The summed E-state index contributed by atoms with van der Waals surface area (Å²) in [5.41, 5.74) is -0.130. The molecule has 0 spiro atoms. The molecule has 1 amide bonds. The molecule has 1 saturated heterocycles. The minimum absolute atomic E-state index is 0.0531. The Labute approximate surface area is 137 Å².